The van der Waals surface area contributed by atoms with E-state index in [1.807, 2.05) is 0 Å². The number of hydrogen-bond acceptors (Lipinski definition) is 3. The minimum absolute atomic E-state index is 0.809. The lowest BCUT2D eigenvalue weighted by molar-refractivity contribution is 0.159. The van der Waals surface area contributed by atoms with Crippen molar-refractivity contribution in [2.24, 2.45) is 5.73 Å². The van der Waals surface area contributed by atoms with E-state index in [1.54, 1.807) is 0 Å². The second-order valence-corrected chi connectivity index (χ2v) is 5.31. The van der Waals surface area contributed by atoms with Crippen molar-refractivity contribution in [2.45, 2.75) is 44.6 Å². The molecule has 94 valence electrons. The number of rotatable bonds is 3. The molecule has 2 N–H and O–H groups in total. The quantitative estimate of drug-likeness (QED) is 0.785. The van der Waals surface area contributed by atoms with E-state index >= 15 is 0 Å². The van der Waals surface area contributed by atoms with Crippen molar-refractivity contribution >= 4 is 0 Å². The van der Waals surface area contributed by atoms with Gasteiger partial charge in [-0.25, -0.2) is 0 Å². The molecule has 0 radical (unpaired) electrons. The van der Waals surface area contributed by atoms with Crippen LogP contribution in [-0.4, -0.2) is 55.1 Å². The molecular formula is C13H27N3. The fourth-order valence-electron chi connectivity index (χ4n) is 3.21. The van der Waals surface area contributed by atoms with Crippen LogP contribution in [0.2, 0.25) is 0 Å². The van der Waals surface area contributed by atoms with Crippen LogP contribution < -0.4 is 5.73 Å². The lowest BCUT2D eigenvalue weighted by Crippen LogP contribution is -2.40. The number of nitrogens with zero attached hydrogens (tertiary/aromatic N) is 2. The Morgan fingerprint density at radius 3 is 2.44 bits per heavy atom. The first kappa shape index (κ1) is 12.3. The predicted octanol–water partition coefficient (Wildman–Crippen LogP) is 1.29. The van der Waals surface area contributed by atoms with Crippen molar-refractivity contribution in [3.8, 4) is 0 Å². The van der Waals surface area contributed by atoms with Crippen LogP contribution >= 0.6 is 0 Å². The average molecular weight is 225 g/mol. The van der Waals surface area contributed by atoms with Gasteiger partial charge < -0.3 is 10.6 Å². The fourth-order valence-corrected chi connectivity index (χ4v) is 3.21. The molecule has 0 aromatic carbocycles. The minimum Gasteiger partial charge on any atom is -0.329 e. The van der Waals surface area contributed by atoms with Crippen molar-refractivity contribution in [1.29, 1.82) is 0 Å². The van der Waals surface area contributed by atoms with Crippen LogP contribution in [0.15, 0.2) is 0 Å². The molecule has 0 atom stereocenters. The maximum atomic E-state index is 5.63. The van der Waals surface area contributed by atoms with E-state index in [1.165, 1.54) is 64.7 Å². The summed E-state index contributed by atoms with van der Waals surface area (Å²) in [6, 6.07) is 0.895. The predicted molar refractivity (Wildman–Crippen MR) is 68.6 cm³/mol. The molecule has 0 spiro atoms. The largest absolute Gasteiger partial charge is 0.329 e. The van der Waals surface area contributed by atoms with Gasteiger partial charge in [-0.05, 0) is 32.4 Å². The van der Waals surface area contributed by atoms with Crippen LogP contribution in [0.1, 0.15) is 38.5 Å². The van der Waals surface area contributed by atoms with Crippen LogP contribution in [-0.2, 0) is 0 Å². The number of nitrogens with two attached hydrogens (primary N) is 1. The molecule has 3 nitrogen and oxygen atoms in total. The van der Waals surface area contributed by atoms with Crippen molar-refractivity contribution in [2.75, 3.05) is 39.3 Å². The van der Waals surface area contributed by atoms with Gasteiger partial charge in [0, 0.05) is 32.2 Å². The zero-order valence-corrected chi connectivity index (χ0v) is 10.5. The molecule has 0 aromatic heterocycles. The first-order valence-corrected chi connectivity index (χ1v) is 7.06. The first-order chi connectivity index (χ1) is 7.90. The van der Waals surface area contributed by atoms with Crippen LogP contribution in [0.3, 0.4) is 0 Å². The van der Waals surface area contributed by atoms with Crippen LogP contribution in [0.4, 0.5) is 0 Å². The van der Waals surface area contributed by atoms with Crippen LogP contribution in [0.5, 0.6) is 0 Å². The molecule has 0 amide bonds. The third kappa shape index (κ3) is 3.44. The second-order valence-electron chi connectivity index (χ2n) is 5.31. The molecule has 1 aliphatic heterocycles. The molecule has 1 aliphatic carbocycles. The van der Waals surface area contributed by atoms with Gasteiger partial charge in [-0.2, -0.15) is 0 Å². The Kier molecular flexibility index (Phi) is 5.07. The Labute approximate surface area is 100.0 Å². The summed E-state index contributed by atoms with van der Waals surface area (Å²) in [6.07, 6.45) is 8.58. The van der Waals surface area contributed by atoms with E-state index in [0.717, 1.165) is 19.1 Å². The van der Waals surface area contributed by atoms with Gasteiger partial charge in [0.25, 0.3) is 0 Å². The number of hydrogen-bond donors (Lipinski definition) is 1. The highest BCUT2D eigenvalue weighted by Gasteiger charge is 2.23. The summed E-state index contributed by atoms with van der Waals surface area (Å²) in [5.74, 6) is 0. The molecule has 3 heteroatoms. The third-order valence-electron chi connectivity index (χ3n) is 4.16. The van der Waals surface area contributed by atoms with E-state index in [2.05, 4.69) is 9.80 Å². The lowest BCUT2D eigenvalue weighted by atomic mass is 9.94. The SMILES string of the molecule is NCCN1CCCN(C2CCCCC2)CC1. The van der Waals surface area contributed by atoms with Gasteiger partial charge >= 0.3 is 0 Å². The van der Waals surface area contributed by atoms with Gasteiger partial charge in [0.05, 0.1) is 0 Å². The lowest BCUT2D eigenvalue weighted by Gasteiger charge is -2.33. The molecule has 1 saturated heterocycles. The van der Waals surface area contributed by atoms with Gasteiger partial charge in [0.1, 0.15) is 0 Å². The van der Waals surface area contributed by atoms with Crippen LogP contribution in [0, 0.1) is 0 Å². The zero-order valence-electron chi connectivity index (χ0n) is 10.5. The summed E-state index contributed by atoms with van der Waals surface area (Å²) in [5.41, 5.74) is 5.63. The Balaban J connectivity index is 1.78. The normalized spacial score (nSPS) is 26.8. The topological polar surface area (TPSA) is 32.5 Å². The first-order valence-electron chi connectivity index (χ1n) is 7.06. The highest BCUT2D eigenvalue weighted by Crippen LogP contribution is 2.23. The molecule has 2 rings (SSSR count). The molecule has 0 bridgehead atoms. The summed E-state index contributed by atoms with van der Waals surface area (Å²) in [4.78, 5) is 5.28. The van der Waals surface area contributed by atoms with Crippen molar-refractivity contribution in [3.05, 3.63) is 0 Å². The molecule has 1 heterocycles. The van der Waals surface area contributed by atoms with Crippen molar-refractivity contribution in [1.82, 2.24) is 9.80 Å². The minimum atomic E-state index is 0.809. The summed E-state index contributed by atoms with van der Waals surface area (Å²) in [6.45, 7) is 6.95. The van der Waals surface area contributed by atoms with E-state index in [-0.39, 0.29) is 0 Å². The highest BCUT2D eigenvalue weighted by molar-refractivity contribution is 4.79. The summed E-state index contributed by atoms with van der Waals surface area (Å²) in [7, 11) is 0. The third-order valence-corrected chi connectivity index (χ3v) is 4.16. The molecule has 2 fully saturated rings. The second kappa shape index (κ2) is 6.58. The van der Waals surface area contributed by atoms with Crippen molar-refractivity contribution in [3.63, 3.8) is 0 Å². The molecule has 16 heavy (non-hydrogen) atoms. The molecular weight excluding hydrogens is 198 g/mol. The summed E-state index contributed by atoms with van der Waals surface area (Å²) < 4.78 is 0. The Morgan fingerprint density at radius 1 is 0.875 bits per heavy atom. The summed E-state index contributed by atoms with van der Waals surface area (Å²) in [5, 5.41) is 0. The Hall–Kier alpha value is -0.120. The molecule has 0 aromatic rings. The zero-order chi connectivity index (χ0) is 11.2. The molecule has 0 unspecified atom stereocenters. The Morgan fingerprint density at radius 2 is 1.69 bits per heavy atom. The van der Waals surface area contributed by atoms with Gasteiger partial charge in [-0.1, -0.05) is 19.3 Å². The maximum Gasteiger partial charge on any atom is 0.0112 e. The van der Waals surface area contributed by atoms with E-state index < -0.39 is 0 Å². The van der Waals surface area contributed by atoms with Gasteiger partial charge in [-0.15, -0.1) is 0 Å². The fraction of sp³-hybridized carbons (Fsp3) is 1.00. The summed E-state index contributed by atoms with van der Waals surface area (Å²) >= 11 is 0. The highest BCUT2D eigenvalue weighted by atomic mass is 15.2. The molecule has 2 aliphatic rings. The standard InChI is InChI=1S/C13H27N3/c14-7-10-15-8-4-9-16(12-11-15)13-5-2-1-3-6-13/h13H,1-12,14H2. The monoisotopic (exact) mass is 225 g/mol. The van der Waals surface area contributed by atoms with Gasteiger partial charge in [0.2, 0.25) is 0 Å². The van der Waals surface area contributed by atoms with E-state index in [0.29, 0.717) is 0 Å². The smallest absolute Gasteiger partial charge is 0.0112 e. The maximum absolute atomic E-state index is 5.63. The van der Waals surface area contributed by atoms with E-state index in [4.69, 9.17) is 5.73 Å². The van der Waals surface area contributed by atoms with Crippen molar-refractivity contribution < 1.29 is 0 Å². The van der Waals surface area contributed by atoms with Crippen LogP contribution in [0.25, 0.3) is 0 Å². The molecule has 1 saturated carbocycles. The van der Waals surface area contributed by atoms with Gasteiger partial charge in [0.15, 0.2) is 0 Å². The Bertz CT molecular complexity index is 190. The van der Waals surface area contributed by atoms with E-state index in [9.17, 15) is 0 Å². The van der Waals surface area contributed by atoms with Gasteiger partial charge in [-0.3, -0.25) is 4.90 Å². The average Bonchev–Trinajstić information content (AvgIpc) is 2.57.